The van der Waals surface area contributed by atoms with E-state index in [1.54, 1.807) is 0 Å². The first-order valence-electron chi connectivity index (χ1n) is 6.37. The van der Waals surface area contributed by atoms with Gasteiger partial charge in [-0.25, -0.2) is 9.59 Å². The summed E-state index contributed by atoms with van der Waals surface area (Å²) in [6.07, 6.45) is 2.90. The first-order valence-corrected chi connectivity index (χ1v) is 6.37. The van der Waals surface area contributed by atoms with Crippen LogP contribution in [0.1, 0.15) is 39.5 Å². The number of carboxylic acids is 1. The molecule has 1 aliphatic carbocycles. The number of carboxylic acid groups (broad SMARTS) is 1. The summed E-state index contributed by atoms with van der Waals surface area (Å²) in [4.78, 5) is 24.8. The Balaban J connectivity index is 2.67. The van der Waals surface area contributed by atoms with Gasteiger partial charge in [0.1, 0.15) is 5.54 Å². The highest BCUT2D eigenvalue weighted by Crippen LogP contribution is 2.27. The van der Waals surface area contributed by atoms with Crippen LogP contribution in [-0.2, 0) is 4.79 Å². The zero-order chi connectivity index (χ0) is 13.8. The van der Waals surface area contributed by atoms with Gasteiger partial charge in [-0.15, -0.1) is 0 Å². The molecule has 0 aliphatic heterocycles. The Hall–Kier alpha value is -1.30. The van der Waals surface area contributed by atoms with Gasteiger partial charge in [-0.05, 0) is 26.2 Å². The molecule has 18 heavy (non-hydrogen) atoms. The molecule has 0 aromatic heterocycles. The fraction of sp³-hybridized carbons (Fsp3) is 0.833. The van der Waals surface area contributed by atoms with Crippen LogP contribution in [0.4, 0.5) is 4.79 Å². The van der Waals surface area contributed by atoms with Crippen molar-refractivity contribution >= 4 is 12.0 Å². The molecule has 1 fully saturated rings. The molecule has 1 aliphatic rings. The maximum absolute atomic E-state index is 12.0. The highest BCUT2D eigenvalue weighted by atomic mass is 16.4. The van der Waals surface area contributed by atoms with Gasteiger partial charge in [0.25, 0.3) is 0 Å². The van der Waals surface area contributed by atoms with Crippen molar-refractivity contribution in [3.63, 3.8) is 0 Å². The predicted octanol–water partition coefficient (Wildman–Crippen LogP) is 0.796. The number of rotatable bonds is 7. The SMILES string of the molecule is CCCC(C)(NC(=O)N(CCO)C1CC1)C(=O)O. The van der Waals surface area contributed by atoms with E-state index in [1.165, 1.54) is 11.8 Å². The third kappa shape index (κ3) is 3.60. The minimum Gasteiger partial charge on any atom is -0.480 e. The number of aliphatic hydroxyl groups is 1. The Morgan fingerprint density at radius 3 is 2.44 bits per heavy atom. The van der Waals surface area contributed by atoms with Crippen LogP contribution in [0.25, 0.3) is 0 Å². The molecule has 0 bridgehead atoms. The Kier molecular flexibility index (Phi) is 4.95. The normalized spacial score (nSPS) is 17.9. The van der Waals surface area contributed by atoms with Gasteiger partial charge >= 0.3 is 12.0 Å². The lowest BCUT2D eigenvalue weighted by Crippen LogP contribution is -2.56. The number of carbonyl (C=O) groups excluding carboxylic acids is 1. The van der Waals surface area contributed by atoms with Crippen LogP contribution >= 0.6 is 0 Å². The summed E-state index contributed by atoms with van der Waals surface area (Å²) < 4.78 is 0. The number of amides is 2. The van der Waals surface area contributed by atoms with E-state index in [0.29, 0.717) is 12.8 Å². The first-order chi connectivity index (χ1) is 8.44. The first kappa shape index (κ1) is 14.8. The minimum absolute atomic E-state index is 0.110. The topological polar surface area (TPSA) is 89.9 Å². The van der Waals surface area contributed by atoms with Crippen molar-refractivity contribution in [2.75, 3.05) is 13.2 Å². The molecule has 3 N–H and O–H groups in total. The number of nitrogens with zero attached hydrogens (tertiary/aromatic N) is 1. The van der Waals surface area contributed by atoms with Crippen LogP contribution in [0, 0.1) is 0 Å². The van der Waals surface area contributed by atoms with Crippen LogP contribution in [0.15, 0.2) is 0 Å². The summed E-state index contributed by atoms with van der Waals surface area (Å²) in [5, 5.41) is 20.7. The molecule has 1 atom stereocenters. The average Bonchev–Trinajstić information content (AvgIpc) is 3.09. The molecule has 6 nitrogen and oxygen atoms in total. The van der Waals surface area contributed by atoms with Gasteiger partial charge in [0.05, 0.1) is 6.61 Å². The molecule has 2 amide bonds. The Labute approximate surface area is 107 Å². The number of carbonyl (C=O) groups is 2. The van der Waals surface area contributed by atoms with Gasteiger partial charge < -0.3 is 20.4 Å². The quantitative estimate of drug-likeness (QED) is 0.630. The maximum atomic E-state index is 12.0. The molecular weight excluding hydrogens is 236 g/mol. The van der Waals surface area contributed by atoms with Crippen LogP contribution in [0.5, 0.6) is 0 Å². The maximum Gasteiger partial charge on any atom is 0.329 e. The van der Waals surface area contributed by atoms with E-state index in [9.17, 15) is 14.7 Å². The van der Waals surface area contributed by atoms with Gasteiger partial charge in [0, 0.05) is 12.6 Å². The zero-order valence-electron chi connectivity index (χ0n) is 11.0. The van der Waals surface area contributed by atoms with E-state index in [2.05, 4.69) is 5.32 Å². The van der Waals surface area contributed by atoms with Crippen LogP contribution in [0.3, 0.4) is 0 Å². The zero-order valence-corrected chi connectivity index (χ0v) is 11.0. The standard InChI is InChI=1S/C12H22N2O4/c1-3-6-12(2,10(16)17)13-11(18)14(7-8-15)9-4-5-9/h9,15H,3-8H2,1-2H3,(H,13,18)(H,16,17). The Morgan fingerprint density at radius 1 is 1.44 bits per heavy atom. The van der Waals surface area contributed by atoms with Crippen molar-refractivity contribution in [3.05, 3.63) is 0 Å². The highest BCUT2D eigenvalue weighted by Gasteiger charge is 2.38. The van der Waals surface area contributed by atoms with Crippen LogP contribution in [-0.4, -0.2) is 51.8 Å². The Bertz CT molecular complexity index is 317. The molecular formula is C12H22N2O4. The number of aliphatic hydroxyl groups excluding tert-OH is 1. The van der Waals surface area contributed by atoms with E-state index >= 15 is 0 Å². The Morgan fingerprint density at radius 2 is 2.06 bits per heavy atom. The molecule has 0 aromatic rings. The van der Waals surface area contributed by atoms with Crippen LogP contribution in [0.2, 0.25) is 0 Å². The average molecular weight is 258 g/mol. The van der Waals surface area contributed by atoms with E-state index in [0.717, 1.165) is 12.8 Å². The summed E-state index contributed by atoms with van der Waals surface area (Å²) in [7, 11) is 0. The van der Waals surface area contributed by atoms with Crippen molar-refractivity contribution in [2.45, 2.75) is 51.1 Å². The van der Waals surface area contributed by atoms with E-state index < -0.39 is 17.5 Å². The fourth-order valence-corrected chi connectivity index (χ4v) is 1.97. The number of hydrogen-bond donors (Lipinski definition) is 3. The summed E-state index contributed by atoms with van der Waals surface area (Å²) in [6, 6.07) is -0.248. The summed E-state index contributed by atoms with van der Waals surface area (Å²) in [5.41, 5.74) is -1.24. The number of hydrogen-bond acceptors (Lipinski definition) is 3. The smallest absolute Gasteiger partial charge is 0.329 e. The molecule has 0 spiro atoms. The van der Waals surface area contributed by atoms with E-state index in [-0.39, 0.29) is 19.2 Å². The summed E-state index contributed by atoms with van der Waals surface area (Å²) in [6.45, 7) is 3.53. The second-order valence-corrected chi connectivity index (χ2v) is 4.97. The molecule has 0 heterocycles. The number of nitrogens with one attached hydrogen (secondary N) is 1. The van der Waals surface area contributed by atoms with Crippen molar-refractivity contribution < 1.29 is 19.8 Å². The highest BCUT2D eigenvalue weighted by molar-refractivity contribution is 5.86. The monoisotopic (exact) mass is 258 g/mol. The van der Waals surface area contributed by atoms with Crippen molar-refractivity contribution in [3.8, 4) is 0 Å². The number of aliphatic carboxylic acids is 1. The van der Waals surface area contributed by atoms with Gasteiger partial charge in [-0.2, -0.15) is 0 Å². The lowest BCUT2D eigenvalue weighted by atomic mass is 9.96. The predicted molar refractivity (Wildman–Crippen MR) is 66.3 cm³/mol. The molecule has 0 saturated heterocycles. The van der Waals surface area contributed by atoms with Gasteiger partial charge in [-0.3, -0.25) is 0 Å². The third-order valence-electron chi connectivity index (χ3n) is 3.19. The second-order valence-electron chi connectivity index (χ2n) is 4.97. The van der Waals surface area contributed by atoms with Gasteiger partial charge in [0.2, 0.25) is 0 Å². The van der Waals surface area contributed by atoms with Crippen molar-refractivity contribution in [1.82, 2.24) is 10.2 Å². The molecule has 104 valence electrons. The largest absolute Gasteiger partial charge is 0.480 e. The molecule has 0 radical (unpaired) electrons. The summed E-state index contributed by atoms with van der Waals surface area (Å²) in [5.74, 6) is -1.03. The van der Waals surface area contributed by atoms with Gasteiger partial charge in [0.15, 0.2) is 0 Å². The van der Waals surface area contributed by atoms with E-state index in [1.807, 2.05) is 6.92 Å². The molecule has 6 heteroatoms. The van der Waals surface area contributed by atoms with Crippen molar-refractivity contribution in [2.24, 2.45) is 0 Å². The molecule has 0 aromatic carbocycles. The third-order valence-corrected chi connectivity index (χ3v) is 3.19. The fourth-order valence-electron chi connectivity index (χ4n) is 1.97. The van der Waals surface area contributed by atoms with Crippen LogP contribution < -0.4 is 5.32 Å². The summed E-state index contributed by atoms with van der Waals surface area (Å²) >= 11 is 0. The lowest BCUT2D eigenvalue weighted by Gasteiger charge is -2.30. The minimum atomic E-state index is -1.24. The molecule has 1 saturated carbocycles. The number of urea groups is 1. The van der Waals surface area contributed by atoms with Gasteiger partial charge in [-0.1, -0.05) is 13.3 Å². The van der Waals surface area contributed by atoms with E-state index in [4.69, 9.17) is 5.11 Å². The molecule has 1 rings (SSSR count). The van der Waals surface area contributed by atoms with Crippen molar-refractivity contribution in [1.29, 1.82) is 0 Å². The lowest BCUT2D eigenvalue weighted by molar-refractivity contribution is -0.144. The molecule has 1 unspecified atom stereocenters. The second kappa shape index (κ2) is 6.04.